The van der Waals surface area contributed by atoms with Gasteiger partial charge < -0.3 is 10.4 Å². The van der Waals surface area contributed by atoms with Gasteiger partial charge in [0.1, 0.15) is 0 Å². The van der Waals surface area contributed by atoms with Crippen molar-refractivity contribution in [3.05, 3.63) is 35.4 Å². The molecule has 0 radical (unpaired) electrons. The highest BCUT2D eigenvalue weighted by molar-refractivity contribution is 5.87. The van der Waals surface area contributed by atoms with Crippen molar-refractivity contribution in [2.75, 3.05) is 14.1 Å². The van der Waals surface area contributed by atoms with E-state index in [1.165, 1.54) is 0 Å². The van der Waals surface area contributed by atoms with E-state index in [0.29, 0.717) is 5.56 Å². The lowest BCUT2D eigenvalue weighted by Crippen LogP contribution is -1.94. The Bertz CT molecular complexity index is 254. The summed E-state index contributed by atoms with van der Waals surface area (Å²) in [6.45, 7) is 1.92. The van der Waals surface area contributed by atoms with Gasteiger partial charge in [0.05, 0.1) is 5.56 Å². The van der Waals surface area contributed by atoms with E-state index in [1.807, 2.05) is 21.0 Å². The number of aromatic carboxylic acids is 1. The summed E-state index contributed by atoms with van der Waals surface area (Å²) in [5.41, 5.74) is 1.41. The van der Waals surface area contributed by atoms with Gasteiger partial charge in [0, 0.05) is 0 Å². The molecule has 1 rings (SSSR count). The van der Waals surface area contributed by atoms with Gasteiger partial charge in [-0.1, -0.05) is 17.7 Å². The maximum absolute atomic E-state index is 10.3. The van der Waals surface area contributed by atoms with Crippen LogP contribution in [0.5, 0.6) is 0 Å². The van der Waals surface area contributed by atoms with Crippen LogP contribution in [0.4, 0.5) is 0 Å². The topological polar surface area (TPSA) is 49.3 Å². The molecule has 0 spiro atoms. The Morgan fingerprint density at radius 3 is 1.92 bits per heavy atom. The Morgan fingerprint density at radius 1 is 1.23 bits per heavy atom. The smallest absolute Gasteiger partial charge is 0.335 e. The van der Waals surface area contributed by atoms with E-state index >= 15 is 0 Å². The molecular formula is C10H15NO2. The molecule has 0 aliphatic rings. The van der Waals surface area contributed by atoms with Crippen LogP contribution >= 0.6 is 0 Å². The molecule has 0 aromatic heterocycles. The first kappa shape index (κ1) is 11.6. The van der Waals surface area contributed by atoms with E-state index in [-0.39, 0.29) is 0 Å². The van der Waals surface area contributed by atoms with Crippen molar-refractivity contribution in [3.63, 3.8) is 0 Å². The van der Waals surface area contributed by atoms with Gasteiger partial charge in [0.25, 0.3) is 0 Å². The van der Waals surface area contributed by atoms with Crippen LogP contribution in [0.15, 0.2) is 24.3 Å². The van der Waals surface area contributed by atoms with E-state index in [4.69, 9.17) is 5.11 Å². The molecule has 0 saturated heterocycles. The molecule has 1 aromatic rings. The molecule has 2 N–H and O–H groups in total. The molecule has 0 heterocycles. The number of carboxylic acids is 1. The van der Waals surface area contributed by atoms with Gasteiger partial charge >= 0.3 is 5.97 Å². The van der Waals surface area contributed by atoms with Crippen molar-refractivity contribution in [3.8, 4) is 0 Å². The molecule has 0 atom stereocenters. The largest absolute Gasteiger partial charge is 0.478 e. The lowest BCUT2D eigenvalue weighted by molar-refractivity contribution is 0.0697. The molecule has 0 aliphatic heterocycles. The van der Waals surface area contributed by atoms with Crippen molar-refractivity contribution in [2.45, 2.75) is 6.92 Å². The molecule has 0 unspecified atom stereocenters. The van der Waals surface area contributed by atoms with Crippen molar-refractivity contribution >= 4 is 5.97 Å². The highest BCUT2D eigenvalue weighted by Crippen LogP contribution is 2.01. The van der Waals surface area contributed by atoms with E-state index in [9.17, 15) is 4.79 Å². The predicted molar refractivity (Wildman–Crippen MR) is 53.1 cm³/mol. The van der Waals surface area contributed by atoms with E-state index in [2.05, 4.69) is 5.32 Å². The predicted octanol–water partition coefficient (Wildman–Crippen LogP) is 1.53. The molecule has 3 nitrogen and oxygen atoms in total. The van der Waals surface area contributed by atoms with Gasteiger partial charge in [-0.25, -0.2) is 4.79 Å². The number of hydrogen-bond donors (Lipinski definition) is 2. The Hall–Kier alpha value is -1.35. The SMILES string of the molecule is CNC.Cc1ccc(C(=O)O)cc1. The van der Waals surface area contributed by atoms with Crippen LogP contribution in [0.3, 0.4) is 0 Å². The number of hydrogen-bond acceptors (Lipinski definition) is 2. The first-order chi connectivity index (χ1) is 6.11. The molecule has 13 heavy (non-hydrogen) atoms. The monoisotopic (exact) mass is 181 g/mol. The third-order valence-electron chi connectivity index (χ3n) is 1.30. The number of carboxylic acid groups (broad SMARTS) is 1. The summed E-state index contributed by atoms with van der Waals surface area (Å²) < 4.78 is 0. The number of benzene rings is 1. The second-order valence-corrected chi connectivity index (χ2v) is 2.67. The molecule has 3 heteroatoms. The zero-order valence-electron chi connectivity index (χ0n) is 8.16. The molecule has 72 valence electrons. The van der Waals surface area contributed by atoms with Gasteiger partial charge in [-0.15, -0.1) is 0 Å². The number of nitrogens with one attached hydrogen (secondary N) is 1. The number of rotatable bonds is 1. The summed E-state index contributed by atoms with van der Waals surface area (Å²) in [4.78, 5) is 10.3. The molecule has 0 amide bonds. The number of aryl methyl sites for hydroxylation is 1. The minimum absolute atomic E-state index is 0.339. The Balaban J connectivity index is 0.000000424. The summed E-state index contributed by atoms with van der Waals surface area (Å²) >= 11 is 0. The fraction of sp³-hybridized carbons (Fsp3) is 0.300. The van der Waals surface area contributed by atoms with Gasteiger partial charge in [-0.2, -0.15) is 0 Å². The van der Waals surface area contributed by atoms with E-state index in [1.54, 1.807) is 24.3 Å². The first-order valence-electron chi connectivity index (χ1n) is 4.00. The van der Waals surface area contributed by atoms with Crippen LogP contribution in [-0.4, -0.2) is 25.2 Å². The minimum Gasteiger partial charge on any atom is -0.478 e. The zero-order valence-corrected chi connectivity index (χ0v) is 8.16. The third kappa shape index (κ3) is 4.98. The van der Waals surface area contributed by atoms with Crippen LogP contribution < -0.4 is 5.32 Å². The molecular weight excluding hydrogens is 166 g/mol. The lowest BCUT2D eigenvalue weighted by atomic mass is 10.2. The summed E-state index contributed by atoms with van der Waals surface area (Å²) in [6, 6.07) is 6.75. The van der Waals surface area contributed by atoms with E-state index < -0.39 is 5.97 Å². The van der Waals surface area contributed by atoms with Gasteiger partial charge in [-0.05, 0) is 33.2 Å². The summed E-state index contributed by atoms with van der Waals surface area (Å²) in [5, 5.41) is 11.2. The fourth-order valence-corrected chi connectivity index (χ4v) is 0.696. The quantitative estimate of drug-likeness (QED) is 0.690. The summed E-state index contributed by atoms with van der Waals surface area (Å²) in [6.07, 6.45) is 0. The average Bonchev–Trinajstić information content (AvgIpc) is 2.06. The summed E-state index contributed by atoms with van der Waals surface area (Å²) in [7, 11) is 3.75. The second kappa shape index (κ2) is 6.20. The second-order valence-electron chi connectivity index (χ2n) is 2.67. The van der Waals surface area contributed by atoms with Crippen LogP contribution in [0.2, 0.25) is 0 Å². The Labute approximate surface area is 78.4 Å². The Morgan fingerprint density at radius 2 is 1.62 bits per heavy atom. The normalized spacial score (nSPS) is 8.54. The molecule has 0 saturated carbocycles. The lowest BCUT2D eigenvalue weighted by Gasteiger charge is -1.92. The van der Waals surface area contributed by atoms with E-state index in [0.717, 1.165) is 5.56 Å². The van der Waals surface area contributed by atoms with Crippen molar-refractivity contribution in [2.24, 2.45) is 0 Å². The summed E-state index contributed by atoms with van der Waals surface area (Å²) in [5.74, 6) is -0.875. The number of carbonyl (C=O) groups is 1. The van der Waals surface area contributed by atoms with Gasteiger partial charge in [0.2, 0.25) is 0 Å². The van der Waals surface area contributed by atoms with Gasteiger partial charge in [0.15, 0.2) is 0 Å². The van der Waals surface area contributed by atoms with Crippen LogP contribution in [0, 0.1) is 6.92 Å². The maximum atomic E-state index is 10.3. The molecule has 0 aliphatic carbocycles. The van der Waals surface area contributed by atoms with Crippen LogP contribution in [0.25, 0.3) is 0 Å². The molecule has 0 bridgehead atoms. The highest BCUT2D eigenvalue weighted by Gasteiger charge is 1.98. The van der Waals surface area contributed by atoms with Crippen LogP contribution in [0.1, 0.15) is 15.9 Å². The van der Waals surface area contributed by atoms with Crippen molar-refractivity contribution in [1.29, 1.82) is 0 Å². The fourth-order valence-electron chi connectivity index (χ4n) is 0.696. The minimum atomic E-state index is -0.875. The molecule has 1 aromatic carbocycles. The van der Waals surface area contributed by atoms with Gasteiger partial charge in [-0.3, -0.25) is 0 Å². The van der Waals surface area contributed by atoms with Crippen molar-refractivity contribution in [1.82, 2.24) is 5.32 Å². The Kier molecular flexibility index (Phi) is 5.55. The van der Waals surface area contributed by atoms with Crippen LogP contribution in [-0.2, 0) is 0 Å². The standard InChI is InChI=1S/C8H8O2.C2H7N/c1-6-2-4-7(5-3-6)8(9)10;1-3-2/h2-5H,1H3,(H,9,10);3H,1-2H3. The first-order valence-corrected chi connectivity index (χ1v) is 4.00. The third-order valence-corrected chi connectivity index (χ3v) is 1.30. The van der Waals surface area contributed by atoms with Crippen molar-refractivity contribution < 1.29 is 9.90 Å². The highest BCUT2D eigenvalue weighted by atomic mass is 16.4. The maximum Gasteiger partial charge on any atom is 0.335 e. The average molecular weight is 181 g/mol. The zero-order chi connectivity index (χ0) is 10.3. The molecule has 0 fully saturated rings.